The summed E-state index contributed by atoms with van der Waals surface area (Å²) in [5, 5.41) is 3.09. The molecular formula is C22H36N4O. The van der Waals surface area contributed by atoms with Crippen molar-refractivity contribution in [2.24, 2.45) is 5.92 Å². The molecule has 0 bridgehead atoms. The van der Waals surface area contributed by atoms with Gasteiger partial charge in [0.25, 0.3) is 0 Å². The van der Waals surface area contributed by atoms with Crippen molar-refractivity contribution in [2.45, 2.75) is 45.6 Å². The summed E-state index contributed by atoms with van der Waals surface area (Å²) in [6, 6.07) is 7.13. The van der Waals surface area contributed by atoms with Crippen LogP contribution in [0.1, 0.15) is 37.3 Å². The van der Waals surface area contributed by atoms with E-state index >= 15 is 0 Å². The first kappa shape index (κ1) is 20.0. The molecule has 1 saturated carbocycles. The summed E-state index contributed by atoms with van der Waals surface area (Å²) in [6.07, 6.45) is 4.65. The van der Waals surface area contributed by atoms with Crippen LogP contribution in [0.25, 0.3) is 0 Å². The number of hydrogen-bond acceptors (Lipinski definition) is 3. The van der Waals surface area contributed by atoms with E-state index in [0.717, 1.165) is 51.4 Å². The highest BCUT2D eigenvalue weighted by Crippen LogP contribution is 2.31. The third kappa shape index (κ3) is 4.95. The molecule has 0 aromatic heterocycles. The smallest absolute Gasteiger partial charge is 0.317 e. The summed E-state index contributed by atoms with van der Waals surface area (Å²) in [7, 11) is 3.59. The fourth-order valence-electron chi connectivity index (χ4n) is 4.41. The summed E-state index contributed by atoms with van der Waals surface area (Å²) in [5.74, 6) is 0.777. The maximum Gasteiger partial charge on any atom is 0.317 e. The lowest BCUT2D eigenvalue weighted by Crippen LogP contribution is -2.50. The van der Waals surface area contributed by atoms with Crippen LogP contribution >= 0.6 is 0 Å². The summed E-state index contributed by atoms with van der Waals surface area (Å²) in [4.78, 5) is 18.5. The van der Waals surface area contributed by atoms with Gasteiger partial charge in [-0.3, -0.25) is 4.90 Å². The largest absolute Gasteiger partial charge is 0.369 e. The molecule has 0 unspecified atom stereocenters. The van der Waals surface area contributed by atoms with Gasteiger partial charge in [0.15, 0.2) is 0 Å². The molecule has 3 rings (SSSR count). The number of nitrogens with one attached hydrogen (secondary N) is 1. The first-order valence-corrected chi connectivity index (χ1v) is 10.5. The van der Waals surface area contributed by atoms with Crippen LogP contribution in [0, 0.1) is 12.8 Å². The topological polar surface area (TPSA) is 38.8 Å². The van der Waals surface area contributed by atoms with Crippen LogP contribution in [0.15, 0.2) is 18.2 Å². The summed E-state index contributed by atoms with van der Waals surface area (Å²) in [5.41, 5.74) is 4.36. The van der Waals surface area contributed by atoms with E-state index in [1.54, 1.807) is 19.0 Å². The number of carbonyl (C=O) groups is 1. The maximum absolute atomic E-state index is 11.7. The van der Waals surface area contributed by atoms with Gasteiger partial charge in [-0.15, -0.1) is 0 Å². The van der Waals surface area contributed by atoms with Gasteiger partial charge in [0.1, 0.15) is 0 Å². The number of nitrogens with zero attached hydrogens (tertiary/aromatic N) is 3. The molecule has 2 aliphatic rings. The number of benzene rings is 1. The molecule has 150 valence electrons. The second kappa shape index (κ2) is 8.96. The van der Waals surface area contributed by atoms with Gasteiger partial charge in [0, 0.05) is 52.0 Å². The van der Waals surface area contributed by atoms with Crippen LogP contribution in [-0.2, 0) is 6.42 Å². The third-order valence-electron chi connectivity index (χ3n) is 6.28. The Balaban J connectivity index is 1.38. The van der Waals surface area contributed by atoms with Crippen molar-refractivity contribution in [1.29, 1.82) is 0 Å². The second-order valence-electron chi connectivity index (χ2n) is 8.42. The van der Waals surface area contributed by atoms with E-state index in [0.29, 0.717) is 6.04 Å². The molecule has 1 heterocycles. The van der Waals surface area contributed by atoms with Gasteiger partial charge in [-0.05, 0) is 62.3 Å². The predicted molar refractivity (Wildman–Crippen MR) is 113 cm³/mol. The zero-order valence-corrected chi connectivity index (χ0v) is 17.5. The maximum atomic E-state index is 11.7. The Labute approximate surface area is 164 Å². The van der Waals surface area contributed by atoms with Gasteiger partial charge in [0.05, 0.1) is 0 Å². The van der Waals surface area contributed by atoms with Crippen molar-refractivity contribution < 1.29 is 4.79 Å². The quantitative estimate of drug-likeness (QED) is 0.834. The Hall–Kier alpha value is -1.75. The molecule has 2 amide bonds. The van der Waals surface area contributed by atoms with Crippen molar-refractivity contribution in [1.82, 2.24) is 15.1 Å². The van der Waals surface area contributed by atoms with Crippen LogP contribution in [-0.4, -0.2) is 68.7 Å². The number of hydrogen-bond donors (Lipinski definition) is 1. The molecule has 1 aliphatic carbocycles. The number of carbonyl (C=O) groups excluding carboxylic acids is 1. The van der Waals surface area contributed by atoms with Crippen molar-refractivity contribution >= 4 is 11.7 Å². The average molecular weight is 373 g/mol. The Morgan fingerprint density at radius 1 is 1.19 bits per heavy atom. The fourth-order valence-corrected chi connectivity index (χ4v) is 4.41. The molecule has 5 heteroatoms. The molecule has 1 aromatic carbocycles. The van der Waals surface area contributed by atoms with Crippen LogP contribution < -0.4 is 10.2 Å². The van der Waals surface area contributed by atoms with Crippen LogP contribution in [0.2, 0.25) is 0 Å². The van der Waals surface area contributed by atoms with E-state index in [2.05, 4.69) is 47.2 Å². The van der Waals surface area contributed by atoms with Crippen LogP contribution in [0.4, 0.5) is 10.5 Å². The highest BCUT2D eigenvalue weighted by atomic mass is 16.2. The van der Waals surface area contributed by atoms with Gasteiger partial charge in [-0.2, -0.15) is 0 Å². The molecule has 5 nitrogen and oxygen atoms in total. The minimum Gasteiger partial charge on any atom is -0.369 e. The zero-order chi connectivity index (χ0) is 19.4. The summed E-state index contributed by atoms with van der Waals surface area (Å²) >= 11 is 0. The van der Waals surface area contributed by atoms with E-state index in [1.165, 1.54) is 29.8 Å². The van der Waals surface area contributed by atoms with Crippen LogP contribution in [0.5, 0.6) is 0 Å². The minimum absolute atomic E-state index is 0.0390. The second-order valence-corrected chi connectivity index (χ2v) is 8.42. The molecule has 27 heavy (non-hydrogen) atoms. The molecule has 1 saturated heterocycles. The molecule has 1 aromatic rings. The monoisotopic (exact) mass is 372 g/mol. The molecule has 1 aliphatic heterocycles. The van der Waals surface area contributed by atoms with Gasteiger partial charge in [0.2, 0.25) is 0 Å². The van der Waals surface area contributed by atoms with Crippen molar-refractivity contribution in [3.63, 3.8) is 0 Å². The van der Waals surface area contributed by atoms with E-state index in [1.807, 2.05) is 0 Å². The predicted octanol–water partition coefficient (Wildman–Crippen LogP) is 3.12. The molecule has 0 atom stereocenters. The third-order valence-corrected chi connectivity index (χ3v) is 6.28. The SMILES string of the molecule is CCc1c(C)cccc1N1CCN(CC[C@H]2C[C@@H](NC(=O)N(C)C)C2)CC1. The van der Waals surface area contributed by atoms with Gasteiger partial charge >= 0.3 is 6.03 Å². The molecule has 0 radical (unpaired) electrons. The van der Waals surface area contributed by atoms with E-state index < -0.39 is 0 Å². The Morgan fingerprint density at radius 2 is 1.89 bits per heavy atom. The zero-order valence-electron chi connectivity index (χ0n) is 17.5. The Kier molecular flexibility index (Phi) is 6.64. The lowest BCUT2D eigenvalue weighted by Gasteiger charge is -2.40. The van der Waals surface area contributed by atoms with E-state index in [4.69, 9.17) is 0 Å². The summed E-state index contributed by atoms with van der Waals surface area (Å²) in [6.45, 7) is 10.3. The van der Waals surface area contributed by atoms with E-state index in [9.17, 15) is 4.79 Å². The first-order valence-electron chi connectivity index (χ1n) is 10.5. The van der Waals surface area contributed by atoms with Gasteiger partial charge in [-0.25, -0.2) is 4.79 Å². The average Bonchev–Trinajstić information content (AvgIpc) is 2.63. The number of anilines is 1. The van der Waals surface area contributed by atoms with Crippen LogP contribution in [0.3, 0.4) is 0 Å². The van der Waals surface area contributed by atoms with Crippen molar-refractivity contribution in [3.05, 3.63) is 29.3 Å². The van der Waals surface area contributed by atoms with Gasteiger partial charge < -0.3 is 15.1 Å². The number of urea groups is 1. The lowest BCUT2D eigenvalue weighted by molar-refractivity contribution is 0.161. The number of amides is 2. The number of rotatable bonds is 6. The molecule has 2 fully saturated rings. The van der Waals surface area contributed by atoms with Crippen molar-refractivity contribution in [2.75, 3.05) is 51.7 Å². The molecular weight excluding hydrogens is 336 g/mol. The highest BCUT2D eigenvalue weighted by Gasteiger charge is 2.31. The minimum atomic E-state index is 0.0390. The highest BCUT2D eigenvalue weighted by molar-refractivity contribution is 5.73. The summed E-state index contributed by atoms with van der Waals surface area (Å²) < 4.78 is 0. The van der Waals surface area contributed by atoms with Gasteiger partial charge in [-0.1, -0.05) is 19.1 Å². The lowest BCUT2D eigenvalue weighted by atomic mass is 9.78. The Bertz CT molecular complexity index is 631. The normalized spacial score (nSPS) is 23.0. The fraction of sp³-hybridized carbons (Fsp3) is 0.682. The van der Waals surface area contributed by atoms with Crippen molar-refractivity contribution in [3.8, 4) is 0 Å². The number of aryl methyl sites for hydroxylation is 1. The first-order chi connectivity index (χ1) is 13.0. The molecule has 0 spiro atoms. The van der Waals surface area contributed by atoms with E-state index in [-0.39, 0.29) is 6.03 Å². The number of piperazine rings is 1. The Morgan fingerprint density at radius 3 is 2.52 bits per heavy atom. The molecule has 1 N–H and O–H groups in total. The standard InChI is InChI=1S/C22H36N4O/c1-5-20-17(2)7-6-8-21(20)26-13-11-25(12-14-26)10-9-18-15-19(16-18)23-22(27)24(3)4/h6-8,18-19H,5,9-16H2,1-4H3,(H,23,27)/t18-,19+.